The predicted octanol–water partition coefficient (Wildman–Crippen LogP) is 16.6. The Bertz CT molecular complexity index is 3330. The fourth-order valence-corrected chi connectivity index (χ4v) is 9.27. The molecule has 0 bridgehead atoms. The third-order valence-corrected chi connectivity index (χ3v) is 12.0. The van der Waals surface area contributed by atoms with Crippen LogP contribution in [0.3, 0.4) is 0 Å². The second-order valence-electron chi connectivity index (χ2n) is 15.6. The Morgan fingerprint density at radius 3 is 1.39 bits per heavy atom. The molecule has 11 rings (SSSR count). The van der Waals surface area contributed by atoms with E-state index < -0.39 is 0 Å². The smallest absolute Gasteiger partial charge is 0.0562 e. The molecule has 0 aliphatic heterocycles. The Kier molecular flexibility index (Phi) is 9.57. The highest BCUT2D eigenvalue weighted by molar-refractivity contribution is 6.17. The van der Waals surface area contributed by atoms with E-state index in [1.54, 1.807) is 0 Å². The monoisotopic (exact) mass is 790 g/mol. The van der Waals surface area contributed by atoms with E-state index in [4.69, 9.17) is 0 Å². The van der Waals surface area contributed by atoms with E-state index in [0.717, 1.165) is 44.9 Å². The molecule has 0 amide bonds. The zero-order chi connectivity index (χ0) is 41.2. The summed E-state index contributed by atoms with van der Waals surface area (Å²) in [7, 11) is 0. The number of rotatable bonds is 9. The van der Waals surface area contributed by atoms with E-state index in [1.807, 2.05) is 0 Å². The minimum absolute atomic E-state index is 1.08. The molecule has 11 aromatic rings. The first-order chi connectivity index (χ1) is 30.8. The molecule has 2 nitrogen and oxygen atoms in total. The van der Waals surface area contributed by atoms with Gasteiger partial charge in [0.2, 0.25) is 0 Å². The van der Waals surface area contributed by atoms with E-state index in [2.05, 4.69) is 264 Å². The maximum absolute atomic E-state index is 2.48. The number of anilines is 3. The molecular formula is C60H42N2. The predicted molar refractivity (Wildman–Crippen MR) is 263 cm³/mol. The molecule has 0 saturated heterocycles. The number of benzene rings is 10. The first-order valence-corrected chi connectivity index (χ1v) is 21.3. The summed E-state index contributed by atoms with van der Waals surface area (Å²) in [6.07, 6.45) is 0. The van der Waals surface area contributed by atoms with Crippen molar-refractivity contribution in [3.05, 3.63) is 255 Å². The molecule has 0 fully saturated rings. The van der Waals surface area contributed by atoms with Gasteiger partial charge in [0.1, 0.15) is 0 Å². The van der Waals surface area contributed by atoms with Crippen LogP contribution in [0.15, 0.2) is 255 Å². The van der Waals surface area contributed by atoms with Gasteiger partial charge in [-0.3, -0.25) is 0 Å². The summed E-state index contributed by atoms with van der Waals surface area (Å²) in [5.74, 6) is 0. The van der Waals surface area contributed by atoms with Gasteiger partial charge in [0.25, 0.3) is 0 Å². The van der Waals surface area contributed by atoms with Crippen molar-refractivity contribution in [2.45, 2.75) is 0 Å². The second kappa shape index (κ2) is 16.1. The molecule has 1 heterocycles. The number of para-hydroxylation sites is 3. The van der Waals surface area contributed by atoms with Crippen LogP contribution in [0, 0.1) is 0 Å². The van der Waals surface area contributed by atoms with Gasteiger partial charge < -0.3 is 9.47 Å². The molecule has 1 aromatic heterocycles. The Hall–Kier alpha value is -8.20. The Morgan fingerprint density at radius 2 is 0.742 bits per heavy atom. The number of hydrogen-bond donors (Lipinski definition) is 0. The third kappa shape index (κ3) is 6.56. The van der Waals surface area contributed by atoms with Crippen LogP contribution < -0.4 is 4.90 Å². The molecule has 0 unspecified atom stereocenters. The standard InChI is InChI=1S/C60H42N2/c1-5-22-43(23-6-1)48-30-13-14-32-50(48)46-40-41-57(54(42-46)52-34-16-15-31-49(52)44-24-7-2-8-25-44)61(47-28-11-4-12-29-47)58-38-21-39-59-60(58)53-35-18-20-37-56(53)62(59)55-36-19-17-33-51(55)45-26-9-3-10-27-45/h1-42H. The minimum Gasteiger partial charge on any atom is -0.309 e. The molecule has 0 saturated carbocycles. The highest BCUT2D eigenvalue weighted by Gasteiger charge is 2.25. The maximum atomic E-state index is 2.48. The van der Waals surface area contributed by atoms with Crippen molar-refractivity contribution in [2.24, 2.45) is 0 Å². The van der Waals surface area contributed by atoms with Crippen molar-refractivity contribution in [1.82, 2.24) is 4.57 Å². The van der Waals surface area contributed by atoms with E-state index in [1.165, 1.54) is 55.3 Å². The fourth-order valence-electron chi connectivity index (χ4n) is 9.27. The summed E-state index contributed by atoms with van der Waals surface area (Å²) in [5, 5.41) is 2.39. The molecule has 0 spiro atoms. The van der Waals surface area contributed by atoms with Crippen LogP contribution in [-0.4, -0.2) is 4.57 Å². The Morgan fingerprint density at radius 1 is 0.274 bits per heavy atom. The molecule has 292 valence electrons. The van der Waals surface area contributed by atoms with Gasteiger partial charge in [-0.15, -0.1) is 0 Å². The van der Waals surface area contributed by atoms with Crippen LogP contribution in [0.25, 0.3) is 83.1 Å². The van der Waals surface area contributed by atoms with Crippen LogP contribution in [0.2, 0.25) is 0 Å². The van der Waals surface area contributed by atoms with Gasteiger partial charge in [-0.1, -0.05) is 206 Å². The van der Waals surface area contributed by atoms with Gasteiger partial charge in [-0.25, -0.2) is 0 Å². The summed E-state index contributed by atoms with van der Waals surface area (Å²) < 4.78 is 2.45. The van der Waals surface area contributed by atoms with E-state index in [-0.39, 0.29) is 0 Å². The molecule has 0 radical (unpaired) electrons. The average Bonchev–Trinajstić information content (AvgIpc) is 3.70. The van der Waals surface area contributed by atoms with Crippen molar-refractivity contribution in [2.75, 3.05) is 4.90 Å². The van der Waals surface area contributed by atoms with Crippen molar-refractivity contribution in [1.29, 1.82) is 0 Å². The summed E-state index contributed by atoms with van der Waals surface area (Å²) in [4.78, 5) is 2.48. The van der Waals surface area contributed by atoms with Crippen LogP contribution in [0.1, 0.15) is 0 Å². The number of fused-ring (bicyclic) bond motifs is 3. The summed E-state index contributed by atoms with van der Waals surface area (Å²) in [6.45, 7) is 0. The van der Waals surface area contributed by atoms with E-state index in [0.29, 0.717) is 0 Å². The van der Waals surface area contributed by atoms with Crippen molar-refractivity contribution < 1.29 is 0 Å². The lowest BCUT2D eigenvalue weighted by Gasteiger charge is -2.30. The van der Waals surface area contributed by atoms with Crippen molar-refractivity contribution >= 4 is 38.9 Å². The second-order valence-corrected chi connectivity index (χ2v) is 15.6. The first kappa shape index (κ1) is 36.8. The van der Waals surface area contributed by atoms with Crippen molar-refractivity contribution in [3.63, 3.8) is 0 Å². The van der Waals surface area contributed by atoms with Crippen LogP contribution in [0.5, 0.6) is 0 Å². The van der Waals surface area contributed by atoms with Crippen LogP contribution >= 0.6 is 0 Å². The first-order valence-electron chi connectivity index (χ1n) is 21.3. The zero-order valence-electron chi connectivity index (χ0n) is 34.1. The molecule has 0 aliphatic rings. The summed E-state index contributed by atoms with van der Waals surface area (Å²) in [5.41, 5.74) is 18.5. The van der Waals surface area contributed by atoms with E-state index in [9.17, 15) is 0 Å². The molecule has 0 N–H and O–H groups in total. The lowest BCUT2D eigenvalue weighted by molar-refractivity contribution is 1.18. The van der Waals surface area contributed by atoms with Gasteiger partial charge in [0, 0.05) is 27.6 Å². The Labute approximate surface area is 362 Å². The Balaban J connectivity index is 1.21. The SMILES string of the molecule is c1ccc(-c2ccccc2-c2ccc(N(c3ccccc3)c3cccc4c3c3ccccc3n4-c3ccccc3-c3ccccc3)c(-c3ccccc3-c3ccccc3)c2)cc1. The molecule has 0 atom stereocenters. The summed E-state index contributed by atoms with van der Waals surface area (Å²) in [6, 6.07) is 92.2. The number of hydrogen-bond acceptors (Lipinski definition) is 1. The van der Waals surface area contributed by atoms with Crippen LogP contribution in [0.4, 0.5) is 17.1 Å². The van der Waals surface area contributed by atoms with E-state index >= 15 is 0 Å². The molecule has 10 aromatic carbocycles. The molecular weight excluding hydrogens is 749 g/mol. The highest BCUT2D eigenvalue weighted by atomic mass is 15.2. The summed E-state index contributed by atoms with van der Waals surface area (Å²) >= 11 is 0. The lowest BCUT2D eigenvalue weighted by atomic mass is 9.89. The number of nitrogens with zero attached hydrogens (tertiary/aromatic N) is 2. The van der Waals surface area contributed by atoms with Gasteiger partial charge >= 0.3 is 0 Å². The molecule has 0 aliphatic carbocycles. The lowest BCUT2D eigenvalue weighted by Crippen LogP contribution is -2.12. The number of aromatic nitrogens is 1. The molecule has 2 heteroatoms. The zero-order valence-corrected chi connectivity index (χ0v) is 34.1. The normalized spacial score (nSPS) is 11.2. The fraction of sp³-hybridized carbons (Fsp3) is 0. The minimum atomic E-state index is 1.08. The van der Waals surface area contributed by atoms with Gasteiger partial charge in [0.15, 0.2) is 0 Å². The maximum Gasteiger partial charge on any atom is 0.0562 e. The van der Waals surface area contributed by atoms with Gasteiger partial charge in [0.05, 0.1) is 28.1 Å². The average molecular weight is 791 g/mol. The van der Waals surface area contributed by atoms with Crippen molar-refractivity contribution in [3.8, 4) is 61.3 Å². The third-order valence-electron chi connectivity index (χ3n) is 12.0. The highest BCUT2D eigenvalue weighted by Crippen LogP contribution is 2.49. The quantitative estimate of drug-likeness (QED) is 0.141. The largest absolute Gasteiger partial charge is 0.309 e. The van der Waals surface area contributed by atoms with Gasteiger partial charge in [-0.05, 0) is 93.0 Å². The molecule has 62 heavy (non-hydrogen) atoms. The topological polar surface area (TPSA) is 8.17 Å². The van der Waals surface area contributed by atoms with Gasteiger partial charge in [-0.2, -0.15) is 0 Å². The van der Waals surface area contributed by atoms with Crippen LogP contribution in [-0.2, 0) is 0 Å².